The maximum atomic E-state index is 11.9. The van der Waals surface area contributed by atoms with E-state index >= 15 is 0 Å². The minimum atomic E-state index is -4.87. The van der Waals surface area contributed by atoms with Gasteiger partial charge in [0.15, 0.2) is 0 Å². The molecule has 1 rings (SSSR count). The summed E-state index contributed by atoms with van der Waals surface area (Å²) in [5.74, 6) is -0.696. The molecule has 0 aliphatic carbocycles. The van der Waals surface area contributed by atoms with Gasteiger partial charge in [-0.3, -0.25) is 9.78 Å². The van der Waals surface area contributed by atoms with Crippen molar-refractivity contribution in [3.8, 4) is 11.9 Å². The summed E-state index contributed by atoms with van der Waals surface area (Å²) < 4.78 is 39.4. The molecule has 0 bridgehead atoms. The zero-order valence-corrected chi connectivity index (χ0v) is 9.85. The van der Waals surface area contributed by atoms with Gasteiger partial charge in [0.05, 0.1) is 12.5 Å². The molecule has 0 aliphatic rings. The largest absolute Gasteiger partial charge is 0.574 e. The summed E-state index contributed by atoms with van der Waals surface area (Å²) >= 11 is 3.03. The van der Waals surface area contributed by atoms with E-state index in [1.807, 2.05) is 4.98 Å². The van der Waals surface area contributed by atoms with Crippen LogP contribution in [0.15, 0.2) is 10.9 Å². The zero-order chi connectivity index (χ0) is 13.1. The van der Waals surface area contributed by atoms with E-state index in [-0.39, 0.29) is 22.9 Å². The highest BCUT2D eigenvalue weighted by Crippen LogP contribution is 2.22. The van der Waals surface area contributed by atoms with Gasteiger partial charge < -0.3 is 4.74 Å². The SMILES string of the molecule is N#CCc1c(CBr)cc(OC(F)(F)F)[nH]c1=O. The summed E-state index contributed by atoms with van der Waals surface area (Å²) in [5, 5.41) is 8.65. The number of nitriles is 1. The second-order valence-corrected chi connectivity index (χ2v) is 3.54. The summed E-state index contributed by atoms with van der Waals surface area (Å²) in [4.78, 5) is 13.3. The van der Waals surface area contributed by atoms with E-state index in [1.165, 1.54) is 0 Å². The number of nitrogens with zero attached hydrogens (tertiary/aromatic N) is 1. The first-order chi connectivity index (χ1) is 7.87. The molecule has 1 N–H and O–H groups in total. The van der Waals surface area contributed by atoms with E-state index < -0.39 is 17.8 Å². The standard InChI is InChI=1S/C9H6BrF3N2O2/c10-4-5-3-7(17-9(11,12)13)15-8(16)6(5)1-2-14/h3H,1,4H2,(H,15,16). The summed E-state index contributed by atoms with van der Waals surface area (Å²) in [7, 11) is 0. The number of aromatic nitrogens is 1. The fraction of sp³-hybridized carbons (Fsp3) is 0.333. The van der Waals surface area contributed by atoms with Crippen molar-refractivity contribution in [1.82, 2.24) is 4.98 Å². The molecule has 8 heteroatoms. The van der Waals surface area contributed by atoms with Gasteiger partial charge >= 0.3 is 6.36 Å². The number of rotatable bonds is 3. The first-order valence-electron chi connectivity index (χ1n) is 4.31. The number of ether oxygens (including phenoxy) is 1. The molecule has 1 aromatic heterocycles. The Morgan fingerprint density at radius 3 is 2.65 bits per heavy atom. The van der Waals surface area contributed by atoms with Crippen LogP contribution in [-0.4, -0.2) is 11.3 Å². The van der Waals surface area contributed by atoms with Crippen LogP contribution in [0.1, 0.15) is 11.1 Å². The number of alkyl halides is 4. The summed E-state index contributed by atoms with van der Waals surface area (Å²) in [6, 6.07) is 2.80. The van der Waals surface area contributed by atoms with Crippen molar-refractivity contribution >= 4 is 15.9 Å². The molecule has 1 heterocycles. The third kappa shape index (κ3) is 3.78. The lowest BCUT2D eigenvalue weighted by molar-refractivity contribution is -0.276. The van der Waals surface area contributed by atoms with E-state index in [0.717, 1.165) is 6.07 Å². The van der Waals surface area contributed by atoms with Crippen molar-refractivity contribution in [2.75, 3.05) is 0 Å². The van der Waals surface area contributed by atoms with Crippen LogP contribution in [0.3, 0.4) is 0 Å². The van der Waals surface area contributed by atoms with Crippen LogP contribution in [0.4, 0.5) is 13.2 Å². The maximum Gasteiger partial charge on any atom is 0.574 e. The van der Waals surface area contributed by atoms with Gasteiger partial charge in [0.2, 0.25) is 5.88 Å². The third-order valence-corrected chi connectivity index (χ3v) is 2.43. The van der Waals surface area contributed by atoms with Gasteiger partial charge in [-0.25, -0.2) is 0 Å². The van der Waals surface area contributed by atoms with Crippen molar-refractivity contribution in [3.05, 3.63) is 27.5 Å². The Labute approximate surface area is 102 Å². The Morgan fingerprint density at radius 2 is 2.18 bits per heavy atom. The Bertz CT molecular complexity index is 504. The molecule has 0 aliphatic heterocycles. The number of hydrogen-bond donors (Lipinski definition) is 1. The van der Waals surface area contributed by atoms with Crippen molar-refractivity contribution in [2.45, 2.75) is 18.1 Å². The minimum Gasteiger partial charge on any atom is -0.390 e. The predicted molar refractivity (Wildman–Crippen MR) is 55.7 cm³/mol. The van der Waals surface area contributed by atoms with Crippen LogP contribution >= 0.6 is 15.9 Å². The second-order valence-electron chi connectivity index (χ2n) is 2.98. The average molecular weight is 311 g/mol. The smallest absolute Gasteiger partial charge is 0.390 e. The predicted octanol–water partition coefficient (Wildman–Crippen LogP) is 2.23. The first kappa shape index (κ1) is 13.6. The van der Waals surface area contributed by atoms with Crippen LogP contribution in [0, 0.1) is 11.3 Å². The Morgan fingerprint density at radius 1 is 1.53 bits per heavy atom. The van der Waals surface area contributed by atoms with Gasteiger partial charge in [0.1, 0.15) is 0 Å². The van der Waals surface area contributed by atoms with Gasteiger partial charge in [-0.05, 0) is 5.56 Å². The molecule has 0 saturated carbocycles. The van der Waals surface area contributed by atoms with Crippen LogP contribution < -0.4 is 10.3 Å². The highest BCUT2D eigenvalue weighted by molar-refractivity contribution is 9.08. The molecule has 1 aromatic rings. The van der Waals surface area contributed by atoms with Crippen LogP contribution in [-0.2, 0) is 11.8 Å². The summed E-state index contributed by atoms with van der Waals surface area (Å²) in [6.45, 7) is 0. The number of halogens is 4. The fourth-order valence-corrected chi connectivity index (χ4v) is 1.69. The number of aromatic amines is 1. The lowest BCUT2D eigenvalue weighted by Gasteiger charge is -2.10. The molecule has 0 radical (unpaired) electrons. The van der Waals surface area contributed by atoms with Crippen LogP contribution in [0.25, 0.3) is 0 Å². The highest BCUT2D eigenvalue weighted by Gasteiger charge is 2.32. The highest BCUT2D eigenvalue weighted by atomic mass is 79.9. The third-order valence-electron chi connectivity index (χ3n) is 1.83. The molecular formula is C9H6BrF3N2O2. The molecule has 0 atom stereocenters. The van der Waals surface area contributed by atoms with Crippen LogP contribution in [0.5, 0.6) is 5.88 Å². The lowest BCUT2D eigenvalue weighted by Crippen LogP contribution is -2.22. The molecule has 0 aromatic carbocycles. The Hall–Kier alpha value is -1.49. The van der Waals surface area contributed by atoms with Crippen molar-refractivity contribution in [2.24, 2.45) is 0 Å². The van der Waals surface area contributed by atoms with E-state index in [2.05, 4.69) is 20.7 Å². The van der Waals surface area contributed by atoms with E-state index in [4.69, 9.17) is 5.26 Å². The second kappa shape index (κ2) is 5.23. The summed E-state index contributed by atoms with van der Waals surface area (Å²) in [6.07, 6.45) is -5.05. The Balaban J connectivity index is 3.19. The molecule has 0 saturated heterocycles. The number of pyridine rings is 1. The fourth-order valence-electron chi connectivity index (χ4n) is 1.19. The number of nitrogens with one attached hydrogen (secondary N) is 1. The molecule has 0 fully saturated rings. The van der Waals surface area contributed by atoms with E-state index in [1.54, 1.807) is 6.07 Å². The van der Waals surface area contributed by atoms with Crippen molar-refractivity contribution in [3.63, 3.8) is 0 Å². The molecule has 0 spiro atoms. The van der Waals surface area contributed by atoms with Crippen LogP contribution in [0.2, 0.25) is 0 Å². The monoisotopic (exact) mass is 310 g/mol. The van der Waals surface area contributed by atoms with Gasteiger partial charge in [-0.2, -0.15) is 5.26 Å². The van der Waals surface area contributed by atoms with Gasteiger partial charge in [0.25, 0.3) is 5.56 Å². The first-order valence-corrected chi connectivity index (χ1v) is 5.43. The zero-order valence-electron chi connectivity index (χ0n) is 8.27. The van der Waals surface area contributed by atoms with Gasteiger partial charge in [-0.1, -0.05) is 15.9 Å². The average Bonchev–Trinajstić information content (AvgIpc) is 2.19. The maximum absolute atomic E-state index is 11.9. The molecule has 0 amide bonds. The van der Waals surface area contributed by atoms with Gasteiger partial charge in [0, 0.05) is 17.0 Å². The normalized spacial score (nSPS) is 11.0. The van der Waals surface area contributed by atoms with E-state index in [0.29, 0.717) is 0 Å². The molecule has 4 nitrogen and oxygen atoms in total. The quantitative estimate of drug-likeness (QED) is 0.871. The lowest BCUT2D eigenvalue weighted by atomic mass is 10.1. The molecule has 17 heavy (non-hydrogen) atoms. The molecule has 92 valence electrons. The van der Waals surface area contributed by atoms with E-state index in [9.17, 15) is 18.0 Å². The number of H-pyrrole nitrogens is 1. The molecule has 0 unspecified atom stereocenters. The van der Waals surface area contributed by atoms with Crippen molar-refractivity contribution < 1.29 is 17.9 Å². The number of hydrogen-bond acceptors (Lipinski definition) is 3. The topological polar surface area (TPSA) is 65.9 Å². The molecular weight excluding hydrogens is 305 g/mol. The minimum absolute atomic E-state index is 0.124. The van der Waals surface area contributed by atoms with Gasteiger partial charge in [-0.15, -0.1) is 13.2 Å². The summed E-state index contributed by atoms with van der Waals surface area (Å²) in [5.41, 5.74) is -0.351. The Kier molecular flexibility index (Phi) is 4.17. The van der Waals surface area contributed by atoms with Crippen molar-refractivity contribution in [1.29, 1.82) is 5.26 Å².